The molecule has 0 aliphatic rings. The monoisotopic (exact) mass is 962 g/mol. The van der Waals surface area contributed by atoms with Crippen molar-refractivity contribution in [2.45, 2.75) is 0 Å². The molecule has 0 saturated carbocycles. The van der Waals surface area contributed by atoms with Crippen LogP contribution in [0.5, 0.6) is 0 Å². The first kappa shape index (κ1) is 45.1. The average Bonchev–Trinajstić information content (AvgIpc) is 3.46. The van der Waals surface area contributed by atoms with Gasteiger partial charge in [-0.15, -0.1) is 0 Å². The number of hydrogen-bond donors (Lipinski definition) is 0. The van der Waals surface area contributed by atoms with Gasteiger partial charge in [-0.1, -0.05) is 158 Å². The number of hydrogen-bond acceptors (Lipinski definition) is 3. The van der Waals surface area contributed by atoms with Crippen LogP contribution in [0.2, 0.25) is 0 Å². The molecule has 0 aliphatic carbocycles. The number of halogens is 4. The Bertz CT molecular complexity index is 3930. The fourth-order valence-corrected chi connectivity index (χ4v) is 10.3. The molecule has 0 atom stereocenters. The molecular weight excluding hydrogens is 925 g/mol. The molecule has 12 aromatic carbocycles. The SMILES string of the molecule is [C-]#[N+]c1ccc(N(c2cc(F)c(-c3ccccc3-c3ccccc3)cc2F)c2ccc3ccc4c(N(c5ccc(C#N)cc5)c5cc(F)c(-c6ccccc6-c6ccccc6)cc5F)ccc5ccc2c3c54)cc1. The van der Waals surface area contributed by atoms with Crippen LogP contribution in [-0.2, 0) is 0 Å². The third-order valence-corrected chi connectivity index (χ3v) is 13.8. The van der Waals surface area contributed by atoms with Crippen LogP contribution in [0.15, 0.2) is 231 Å². The minimum Gasteiger partial charge on any atom is -0.307 e. The Morgan fingerprint density at radius 3 is 1.18 bits per heavy atom. The molecule has 350 valence electrons. The van der Waals surface area contributed by atoms with E-state index in [4.69, 9.17) is 6.57 Å². The highest BCUT2D eigenvalue weighted by molar-refractivity contribution is 6.28. The van der Waals surface area contributed by atoms with Gasteiger partial charge in [-0.05, 0) is 116 Å². The second-order valence-corrected chi connectivity index (χ2v) is 17.9. The smallest absolute Gasteiger partial charge is 0.187 e. The second kappa shape index (κ2) is 18.6. The summed E-state index contributed by atoms with van der Waals surface area (Å²) in [5.74, 6) is -2.61. The molecule has 0 spiro atoms. The summed E-state index contributed by atoms with van der Waals surface area (Å²) in [5, 5.41) is 14.5. The van der Waals surface area contributed by atoms with Crippen LogP contribution in [0, 0.1) is 41.2 Å². The van der Waals surface area contributed by atoms with Gasteiger partial charge in [0.05, 0.1) is 41.0 Å². The Labute approximate surface area is 424 Å². The fraction of sp³-hybridized carbons (Fsp3) is 0. The predicted molar refractivity (Wildman–Crippen MR) is 292 cm³/mol. The third-order valence-electron chi connectivity index (χ3n) is 13.8. The molecule has 12 aromatic rings. The molecule has 0 unspecified atom stereocenters. The predicted octanol–water partition coefficient (Wildman–Crippen LogP) is 19.2. The lowest BCUT2D eigenvalue weighted by Gasteiger charge is -2.30. The molecule has 74 heavy (non-hydrogen) atoms. The molecule has 0 bridgehead atoms. The van der Waals surface area contributed by atoms with Crippen molar-refractivity contribution in [2.75, 3.05) is 9.80 Å². The van der Waals surface area contributed by atoms with E-state index in [-0.39, 0.29) is 22.5 Å². The maximum atomic E-state index is 17.3. The summed E-state index contributed by atoms with van der Waals surface area (Å²) in [4.78, 5) is 6.92. The van der Waals surface area contributed by atoms with Crippen molar-refractivity contribution in [3.05, 3.63) is 271 Å². The largest absolute Gasteiger partial charge is 0.307 e. The van der Waals surface area contributed by atoms with Crippen LogP contribution in [0.25, 0.3) is 81.7 Å². The zero-order valence-electron chi connectivity index (χ0n) is 39.2. The highest BCUT2D eigenvalue weighted by Gasteiger charge is 2.27. The third kappa shape index (κ3) is 7.79. The molecule has 12 rings (SSSR count). The lowest BCUT2D eigenvalue weighted by atomic mass is 9.91. The van der Waals surface area contributed by atoms with Crippen LogP contribution in [0.4, 0.5) is 57.4 Å². The standard InChI is InChI=1S/C66H38F4N4/c1-72-46-26-30-48(31-27-46)74(64-39-58(68)56(37-60(64)70)52-19-11-9-17-50(52)43-14-6-3-7-15-43)62-35-25-45-22-32-53-61(34-24-44-23-33-54(62)66(45)65(44)53)73(47-28-20-41(40-71)21-29-47)63-38-57(67)55(36-59(63)69)51-18-10-8-16-49(51)42-12-4-2-5-13-42/h2-39H. The summed E-state index contributed by atoms with van der Waals surface area (Å²) in [6.45, 7) is 7.65. The molecule has 0 aromatic heterocycles. The van der Waals surface area contributed by atoms with Crippen LogP contribution in [0.1, 0.15) is 5.56 Å². The van der Waals surface area contributed by atoms with Gasteiger partial charge in [-0.25, -0.2) is 22.4 Å². The van der Waals surface area contributed by atoms with E-state index in [2.05, 4.69) is 10.9 Å². The van der Waals surface area contributed by atoms with Crippen molar-refractivity contribution in [3.63, 3.8) is 0 Å². The van der Waals surface area contributed by atoms with Crippen molar-refractivity contribution in [1.29, 1.82) is 5.26 Å². The summed E-state index contributed by atoms with van der Waals surface area (Å²) in [6.07, 6.45) is 0. The summed E-state index contributed by atoms with van der Waals surface area (Å²) >= 11 is 0. The fourth-order valence-electron chi connectivity index (χ4n) is 10.3. The summed E-state index contributed by atoms with van der Waals surface area (Å²) in [6, 6.07) is 69.7. The van der Waals surface area contributed by atoms with Crippen LogP contribution in [0.3, 0.4) is 0 Å². The van der Waals surface area contributed by atoms with Crippen LogP contribution < -0.4 is 9.80 Å². The van der Waals surface area contributed by atoms with Crippen molar-refractivity contribution >= 4 is 72.1 Å². The molecular formula is C66H38F4N4. The van der Waals surface area contributed by atoms with E-state index in [0.29, 0.717) is 55.9 Å². The Balaban J connectivity index is 1.05. The van der Waals surface area contributed by atoms with E-state index in [1.807, 2.05) is 133 Å². The molecule has 0 N–H and O–H groups in total. The topological polar surface area (TPSA) is 34.6 Å². The zero-order chi connectivity index (χ0) is 50.5. The van der Waals surface area contributed by atoms with E-state index in [1.165, 1.54) is 24.3 Å². The first-order valence-electron chi connectivity index (χ1n) is 23.8. The van der Waals surface area contributed by atoms with E-state index >= 15 is 17.6 Å². The first-order chi connectivity index (χ1) is 36.3. The minimum absolute atomic E-state index is 0.0472. The van der Waals surface area contributed by atoms with Gasteiger partial charge in [-0.3, -0.25) is 0 Å². The van der Waals surface area contributed by atoms with Gasteiger partial charge in [0.2, 0.25) is 0 Å². The molecule has 0 saturated heterocycles. The first-order valence-corrected chi connectivity index (χ1v) is 23.8. The van der Waals surface area contributed by atoms with Gasteiger partial charge in [-0.2, -0.15) is 5.26 Å². The molecule has 0 amide bonds. The van der Waals surface area contributed by atoms with Crippen molar-refractivity contribution in [3.8, 4) is 50.6 Å². The van der Waals surface area contributed by atoms with Crippen LogP contribution in [-0.4, -0.2) is 0 Å². The maximum absolute atomic E-state index is 17.3. The van der Waals surface area contributed by atoms with Gasteiger partial charge in [0.25, 0.3) is 0 Å². The zero-order valence-corrected chi connectivity index (χ0v) is 39.2. The van der Waals surface area contributed by atoms with Crippen molar-refractivity contribution < 1.29 is 17.6 Å². The molecule has 8 heteroatoms. The lowest BCUT2D eigenvalue weighted by Crippen LogP contribution is -2.14. The van der Waals surface area contributed by atoms with Gasteiger partial charge in [0.1, 0.15) is 23.3 Å². The summed E-state index contributed by atoms with van der Waals surface area (Å²) < 4.78 is 68.4. The van der Waals surface area contributed by atoms with Gasteiger partial charge >= 0.3 is 0 Å². The molecule has 0 fully saturated rings. The Morgan fingerprint density at radius 1 is 0.365 bits per heavy atom. The highest BCUT2D eigenvalue weighted by Crippen LogP contribution is 2.50. The summed E-state index contributed by atoms with van der Waals surface area (Å²) in [5.41, 5.74) is 7.22. The van der Waals surface area contributed by atoms with Gasteiger partial charge in [0.15, 0.2) is 5.69 Å². The maximum Gasteiger partial charge on any atom is 0.187 e. The summed E-state index contributed by atoms with van der Waals surface area (Å²) in [7, 11) is 0. The van der Waals surface area contributed by atoms with E-state index in [0.717, 1.165) is 43.8 Å². The number of anilines is 6. The van der Waals surface area contributed by atoms with Crippen molar-refractivity contribution in [2.24, 2.45) is 0 Å². The minimum atomic E-state index is -0.676. The van der Waals surface area contributed by atoms with E-state index < -0.39 is 23.3 Å². The average molecular weight is 963 g/mol. The second-order valence-electron chi connectivity index (χ2n) is 17.9. The molecule has 0 radical (unpaired) electrons. The van der Waals surface area contributed by atoms with Gasteiger partial charge < -0.3 is 9.80 Å². The van der Waals surface area contributed by atoms with E-state index in [1.54, 1.807) is 82.6 Å². The Hall–Kier alpha value is -10.0. The van der Waals surface area contributed by atoms with Crippen LogP contribution >= 0.6 is 0 Å². The number of benzene rings is 12. The van der Waals surface area contributed by atoms with Crippen molar-refractivity contribution in [1.82, 2.24) is 0 Å². The molecule has 4 nitrogen and oxygen atoms in total. The normalized spacial score (nSPS) is 11.2. The number of rotatable bonds is 10. The Kier molecular flexibility index (Phi) is 11.4. The lowest BCUT2D eigenvalue weighted by molar-refractivity contribution is 0.604. The van der Waals surface area contributed by atoms with Gasteiger partial charge in [0, 0.05) is 45.4 Å². The number of nitrogens with zero attached hydrogens (tertiary/aromatic N) is 4. The Morgan fingerprint density at radius 2 is 0.757 bits per heavy atom. The van der Waals surface area contributed by atoms with E-state index in [9.17, 15) is 5.26 Å². The molecule has 0 heterocycles. The highest BCUT2D eigenvalue weighted by atomic mass is 19.1. The number of nitriles is 1. The quantitative estimate of drug-likeness (QED) is 0.0778. The molecule has 0 aliphatic heterocycles.